The van der Waals surface area contributed by atoms with Crippen LogP contribution in [0.4, 0.5) is 4.39 Å². The fourth-order valence-corrected chi connectivity index (χ4v) is 1.48. The zero-order valence-electron chi connectivity index (χ0n) is 8.94. The maximum absolute atomic E-state index is 13.4. The molecule has 16 heavy (non-hydrogen) atoms. The molecule has 86 valence electrons. The number of hydrogen-bond acceptors (Lipinski definition) is 2. The fraction of sp³-hybridized carbons (Fsp3) is 0.273. The van der Waals surface area contributed by atoms with E-state index in [4.69, 9.17) is 18.0 Å². The van der Waals surface area contributed by atoms with Crippen LogP contribution in [0.1, 0.15) is 17.3 Å². The first-order chi connectivity index (χ1) is 7.56. The zero-order chi connectivity index (χ0) is 12.1. The van der Waals surface area contributed by atoms with E-state index >= 15 is 0 Å². The Kier molecular flexibility index (Phi) is 4.37. The van der Waals surface area contributed by atoms with Crippen molar-refractivity contribution in [3.63, 3.8) is 0 Å². The normalized spacial score (nSPS) is 9.88. The molecule has 0 aliphatic rings. The summed E-state index contributed by atoms with van der Waals surface area (Å²) in [7, 11) is 0. The highest BCUT2D eigenvalue weighted by atomic mass is 32.1. The predicted molar refractivity (Wildman–Crippen MR) is 64.8 cm³/mol. The lowest BCUT2D eigenvalue weighted by atomic mass is 10.2. The summed E-state index contributed by atoms with van der Waals surface area (Å²) >= 11 is 4.73. The van der Waals surface area contributed by atoms with Crippen molar-refractivity contribution in [2.75, 3.05) is 13.1 Å². The molecule has 0 aliphatic heterocycles. The summed E-state index contributed by atoms with van der Waals surface area (Å²) in [6, 6.07) is 5.85. The number of amides is 1. The van der Waals surface area contributed by atoms with Crippen molar-refractivity contribution in [1.29, 1.82) is 0 Å². The molecule has 0 aliphatic carbocycles. The largest absolute Gasteiger partial charge is 0.392 e. The average molecular weight is 240 g/mol. The van der Waals surface area contributed by atoms with Crippen molar-refractivity contribution < 1.29 is 9.18 Å². The second-order valence-corrected chi connectivity index (χ2v) is 3.79. The molecule has 1 aromatic carbocycles. The lowest BCUT2D eigenvalue weighted by molar-refractivity contribution is 0.0783. The molecule has 1 aromatic rings. The molecule has 0 atom stereocenters. The number of likely N-dealkylation sites (N-methyl/N-ethyl adjacent to an activating group) is 1. The number of hydrogen-bond donors (Lipinski definition) is 1. The van der Waals surface area contributed by atoms with Crippen molar-refractivity contribution in [1.82, 2.24) is 4.90 Å². The zero-order valence-corrected chi connectivity index (χ0v) is 9.76. The molecule has 0 bridgehead atoms. The number of halogens is 1. The third-order valence-corrected chi connectivity index (χ3v) is 2.25. The van der Waals surface area contributed by atoms with Crippen LogP contribution < -0.4 is 5.73 Å². The minimum Gasteiger partial charge on any atom is -0.392 e. The third-order valence-electron chi connectivity index (χ3n) is 2.12. The van der Waals surface area contributed by atoms with Gasteiger partial charge < -0.3 is 10.6 Å². The molecule has 0 spiro atoms. The van der Waals surface area contributed by atoms with E-state index in [0.29, 0.717) is 6.54 Å². The lowest BCUT2D eigenvalue weighted by Gasteiger charge is -2.20. The van der Waals surface area contributed by atoms with E-state index in [1.807, 2.05) is 0 Å². The molecular formula is C11H13FN2OS. The molecule has 0 fully saturated rings. The van der Waals surface area contributed by atoms with Gasteiger partial charge >= 0.3 is 0 Å². The van der Waals surface area contributed by atoms with Gasteiger partial charge in [-0.2, -0.15) is 0 Å². The Bertz CT molecular complexity index is 409. The van der Waals surface area contributed by atoms with Crippen LogP contribution in [0.3, 0.4) is 0 Å². The molecule has 5 heteroatoms. The van der Waals surface area contributed by atoms with E-state index in [0.717, 1.165) is 0 Å². The van der Waals surface area contributed by atoms with Gasteiger partial charge in [0.1, 0.15) is 5.82 Å². The minimum absolute atomic E-state index is 0.0422. The van der Waals surface area contributed by atoms with Gasteiger partial charge in [0.2, 0.25) is 0 Å². The van der Waals surface area contributed by atoms with Crippen molar-refractivity contribution >= 4 is 23.1 Å². The second-order valence-electron chi connectivity index (χ2n) is 3.27. The van der Waals surface area contributed by atoms with E-state index in [1.54, 1.807) is 13.0 Å². The minimum atomic E-state index is -0.533. The molecule has 3 nitrogen and oxygen atoms in total. The van der Waals surface area contributed by atoms with Crippen LogP contribution in [-0.2, 0) is 0 Å². The topological polar surface area (TPSA) is 46.3 Å². The highest BCUT2D eigenvalue weighted by molar-refractivity contribution is 7.80. The molecule has 0 saturated heterocycles. The SMILES string of the molecule is CCN(CC(N)=S)C(=O)c1ccccc1F. The number of carbonyl (C=O) groups is 1. The Morgan fingerprint density at radius 2 is 2.12 bits per heavy atom. The maximum Gasteiger partial charge on any atom is 0.257 e. The summed E-state index contributed by atoms with van der Waals surface area (Å²) in [5.41, 5.74) is 5.41. The molecule has 2 N–H and O–H groups in total. The fourth-order valence-electron chi connectivity index (χ4n) is 1.32. The molecule has 0 unspecified atom stereocenters. The Hall–Kier alpha value is -1.49. The number of nitrogens with zero attached hydrogens (tertiary/aromatic N) is 1. The Balaban J connectivity index is 2.91. The van der Waals surface area contributed by atoms with E-state index in [9.17, 15) is 9.18 Å². The van der Waals surface area contributed by atoms with Crippen molar-refractivity contribution in [3.05, 3.63) is 35.6 Å². The van der Waals surface area contributed by atoms with Gasteiger partial charge in [-0.3, -0.25) is 4.79 Å². The quantitative estimate of drug-likeness (QED) is 0.813. The number of nitrogens with two attached hydrogens (primary N) is 1. The second kappa shape index (κ2) is 5.55. The van der Waals surface area contributed by atoms with Gasteiger partial charge in [0.25, 0.3) is 5.91 Å². The van der Waals surface area contributed by atoms with E-state index in [2.05, 4.69) is 0 Å². The number of rotatable bonds is 4. The van der Waals surface area contributed by atoms with Crippen LogP contribution in [0.5, 0.6) is 0 Å². The first-order valence-electron chi connectivity index (χ1n) is 4.88. The van der Waals surface area contributed by atoms with Crippen LogP contribution in [0.25, 0.3) is 0 Å². The summed E-state index contributed by atoms with van der Waals surface area (Å²) < 4.78 is 13.4. The summed E-state index contributed by atoms with van der Waals surface area (Å²) in [6.07, 6.45) is 0. The highest BCUT2D eigenvalue weighted by Gasteiger charge is 2.17. The summed E-state index contributed by atoms with van der Waals surface area (Å²) in [5.74, 6) is -0.928. The average Bonchev–Trinajstić information content (AvgIpc) is 2.25. The van der Waals surface area contributed by atoms with Gasteiger partial charge in [0.15, 0.2) is 0 Å². The molecule has 0 aromatic heterocycles. The van der Waals surface area contributed by atoms with Crippen molar-refractivity contribution in [2.45, 2.75) is 6.92 Å². The Morgan fingerprint density at radius 3 is 2.62 bits per heavy atom. The first-order valence-corrected chi connectivity index (χ1v) is 5.29. The molecule has 0 radical (unpaired) electrons. The van der Waals surface area contributed by atoms with Crippen molar-refractivity contribution in [3.8, 4) is 0 Å². The molecule has 1 rings (SSSR count). The van der Waals surface area contributed by atoms with Crippen LogP contribution in [0.15, 0.2) is 24.3 Å². The molecule has 0 saturated carbocycles. The van der Waals surface area contributed by atoms with Crippen molar-refractivity contribution in [2.24, 2.45) is 5.73 Å². The van der Waals surface area contributed by atoms with Gasteiger partial charge in [0.05, 0.1) is 17.1 Å². The number of thiocarbonyl (C=S) groups is 1. The van der Waals surface area contributed by atoms with Crippen LogP contribution in [0.2, 0.25) is 0 Å². The maximum atomic E-state index is 13.4. The van der Waals surface area contributed by atoms with E-state index in [1.165, 1.54) is 23.1 Å². The first kappa shape index (κ1) is 12.6. The van der Waals surface area contributed by atoms with Gasteiger partial charge in [0, 0.05) is 6.54 Å². The van der Waals surface area contributed by atoms with Gasteiger partial charge in [-0.05, 0) is 19.1 Å². The van der Waals surface area contributed by atoms with Crippen LogP contribution in [-0.4, -0.2) is 28.9 Å². The Morgan fingerprint density at radius 1 is 1.50 bits per heavy atom. The number of carbonyl (C=O) groups excluding carboxylic acids is 1. The number of benzene rings is 1. The summed E-state index contributed by atoms with van der Waals surface area (Å²) in [5, 5.41) is 0. The monoisotopic (exact) mass is 240 g/mol. The summed E-state index contributed by atoms with van der Waals surface area (Å²) in [6.45, 7) is 2.39. The molecule has 0 heterocycles. The smallest absolute Gasteiger partial charge is 0.257 e. The highest BCUT2D eigenvalue weighted by Crippen LogP contribution is 2.09. The van der Waals surface area contributed by atoms with E-state index in [-0.39, 0.29) is 17.1 Å². The molecule has 1 amide bonds. The predicted octanol–water partition coefficient (Wildman–Crippen LogP) is 1.57. The van der Waals surface area contributed by atoms with Gasteiger partial charge in [-0.1, -0.05) is 24.4 Å². The Labute approximate surface area is 99.0 Å². The third kappa shape index (κ3) is 3.00. The van der Waals surface area contributed by atoms with Crippen LogP contribution in [0, 0.1) is 5.82 Å². The van der Waals surface area contributed by atoms with Gasteiger partial charge in [-0.25, -0.2) is 4.39 Å². The standard InChI is InChI=1S/C11H13FN2OS/c1-2-14(7-10(13)16)11(15)8-5-3-4-6-9(8)12/h3-6H,2,7H2,1H3,(H2,13,16). The van der Waals surface area contributed by atoms with Crippen LogP contribution >= 0.6 is 12.2 Å². The van der Waals surface area contributed by atoms with E-state index < -0.39 is 11.7 Å². The van der Waals surface area contributed by atoms with Gasteiger partial charge in [-0.15, -0.1) is 0 Å². The lowest BCUT2D eigenvalue weighted by Crippen LogP contribution is -2.37. The summed E-state index contributed by atoms with van der Waals surface area (Å²) in [4.78, 5) is 13.5. The molecular weight excluding hydrogens is 227 g/mol.